The number of nitrogen functional groups attached to an aromatic ring is 1. The summed E-state index contributed by atoms with van der Waals surface area (Å²) in [6, 6.07) is 14.1. The van der Waals surface area contributed by atoms with Gasteiger partial charge in [0.15, 0.2) is 0 Å². The van der Waals surface area contributed by atoms with Crippen LogP contribution in [0, 0.1) is 5.82 Å². The summed E-state index contributed by atoms with van der Waals surface area (Å²) in [4.78, 5) is 6.12. The molecule has 100 valence electrons. The maximum atomic E-state index is 13.9. The number of nitrogens with two attached hydrogens (primary N) is 1. The third-order valence-corrected chi connectivity index (χ3v) is 3.32. The molecular formula is C16H14FN3. The molecule has 0 spiro atoms. The molecule has 0 aliphatic rings. The molecule has 4 heteroatoms. The van der Waals surface area contributed by atoms with Gasteiger partial charge in [-0.2, -0.15) is 0 Å². The van der Waals surface area contributed by atoms with E-state index in [2.05, 4.69) is 4.98 Å². The zero-order chi connectivity index (χ0) is 14.1. The van der Waals surface area contributed by atoms with Crippen LogP contribution in [0.3, 0.4) is 0 Å². The fourth-order valence-corrected chi connectivity index (χ4v) is 2.30. The Hall–Kier alpha value is -2.62. The highest BCUT2D eigenvalue weighted by Crippen LogP contribution is 2.31. The van der Waals surface area contributed by atoms with Crippen LogP contribution in [0.15, 0.2) is 54.7 Å². The van der Waals surface area contributed by atoms with Crippen molar-refractivity contribution in [2.24, 2.45) is 0 Å². The van der Waals surface area contributed by atoms with E-state index in [4.69, 9.17) is 5.73 Å². The molecule has 0 saturated carbocycles. The molecule has 1 aromatic heterocycles. The predicted molar refractivity (Wildman–Crippen MR) is 80.6 cm³/mol. The Morgan fingerprint density at radius 1 is 1.05 bits per heavy atom. The van der Waals surface area contributed by atoms with Crippen LogP contribution in [0.5, 0.6) is 0 Å². The smallest absolute Gasteiger partial charge is 0.146 e. The molecule has 0 fully saturated rings. The highest BCUT2D eigenvalue weighted by Gasteiger charge is 2.12. The molecule has 0 amide bonds. The molecule has 0 aliphatic heterocycles. The zero-order valence-corrected chi connectivity index (χ0v) is 11.0. The van der Waals surface area contributed by atoms with E-state index in [-0.39, 0.29) is 5.82 Å². The molecule has 0 radical (unpaired) electrons. The number of fused-ring (bicyclic) bond motifs is 1. The van der Waals surface area contributed by atoms with Crippen molar-refractivity contribution in [2.45, 2.75) is 0 Å². The molecule has 0 saturated heterocycles. The van der Waals surface area contributed by atoms with Crippen LogP contribution in [-0.4, -0.2) is 12.0 Å². The van der Waals surface area contributed by atoms with Gasteiger partial charge in [0.25, 0.3) is 0 Å². The largest absolute Gasteiger partial charge is 0.399 e. The second kappa shape index (κ2) is 4.81. The number of nitrogens with zero attached hydrogens (tertiary/aromatic N) is 2. The minimum absolute atomic E-state index is 0.254. The van der Waals surface area contributed by atoms with E-state index >= 15 is 0 Å². The van der Waals surface area contributed by atoms with Gasteiger partial charge in [-0.3, -0.25) is 4.98 Å². The van der Waals surface area contributed by atoms with E-state index in [1.54, 1.807) is 18.3 Å². The van der Waals surface area contributed by atoms with Gasteiger partial charge in [0.05, 0.1) is 16.9 Å². The van der Waals surface area contributed by atoms with Gasteiger partial charge in [0.1, 0.15) is 5.82 Å². The Labute approximate surface area is 116 Å². The second-order valence-corrected chi connectivity index (χ2v) is 4.62. The lowest BCUT2D eigenvalue weighted by Crippen LogP contribution is -2.11. The Morgan fingerprint density at radius 3 is 2.65 bits per heavy atom. The lowest BCUT2D eigenvalue weighted by Gasteiger charge is -2.21. The fraction of sp³-hybridized carbons (Fsp3) is 0.0625. The topological polar surface area (TPSA) is 42.2 Å². The molecular weight excluding hydrogens is 253 g/mol. The average molecular weight is 267 g/mol. The summed E-state index contributed by atoms with van der Waals surface area (Å²) >= 11 is 0. The van der Waals surface area contributed by atoms with E-state index in [1.807, 2.05) is 42.3 Å². The minimum atomic E-state index is -0.254. The number of halogens is 1. The number of rotatable bonds is 2. The van der Waals surface area contributed by atoms with Crippen LogP contribution in [-0.2, 0) is 0 Å². The Morgan fingerprint density at radius 2 is 1.85 bits per heavy atom. The van der Waals surface area contributed by atoms with Crippen LogP contribution in [0.1, 0.15) is 0 Å². The van der Waals surface area contributed by atoms with Gasteiger partial charge in [-0.05, 0) is 36.4 Å². The molecule has 2 N–H and O–H groups in total. The van der Waals surface area contributed by atoms with Gasteiger partial charge in [0, 0.05) is 24.3 Å². The van der Waals surface area contributed by atoms with Gasteiger partial charge in [0.2, 0.25) is 0 Å². The molecule has 3 rings (SSSR count). The third-order valence-electron chi connectivity index (χ3n) is 3.32. The number of hydrogen-bond acceptors (Lipinski definition) is 3. The monoisotopic (exact) mass is 267 g/mol. The quantitative estimate of drug-likeness (QED) is 0.719. The molecule has 0 bridgehead atoms. The van der Waals surface area contributed by atoms with E-state index in [0.717, 1.165) is 16.6 Å². The first kappa shape index (κ1) is 12.4. The van der Waals surface area contributed by atoms with Crippen LogP contribution in [0.25, 0.3) is 10.9 Å². The molecule has 3 nitrogen and oxygen atoms in total. The lowest BCUT2D eigenvalue weighted by molar-refractivity contribution is 0.628. The van der Waals surface area contributed by atoms with E-state index < -0.39 is 0 Å². The molecule has 0 unspecified atom stereocenters. The third kappa shape index (κ3) is 2.05. The number of anilines is 3. The van der Waals surface area contributed by atoms with Crippen molar-refractivity contribution in [3.8, 4) is 0 Å². The number of pyridine rings is 1. The Kier molecular flexibility index (Phi) is 2.99. The average Bonchev–Trinajstić information content (AvgIpc) is 2.46. The summed E-state index contributed by atoms with van der Waals surface area (Å²) in [6.07, 6.45) is 1.70. The molecule has 3 aromatic rings. The van der Waals surface area contributed by atoms with E-state index in [1.165, 1.54) is 6.07 Å². The van der Waals surface area contributed by atoms with Crippen molar-refractivity contribution in [3.05, 3.63) is 60.5 Å². The van der Waals surface area contributed by atoms with E-state index in [0.29, 0.717) is 11.4 Å². The fourth-order valence-electron chi connectivity index (χ4n) is 2.30. The second-order valence-electron chi connectivity index (χ2n) is 4.62. The summed E-state index contributed by atoms with van der Waals surface area (Å²) in [5.41, 5.74) is 8.65. The summed E-state index contributed by atoms with van der Waals surface area (Å²) in [6.45, 7) is 0. The first-order chi connectivity index (χ1) is 9.66. The van der Waals surface area contributed by atoms with Crippen LogP contribution < -0.4 is 10.6 Å². The predicted octanol–water partition coefficient (Wildman–Crippen LogP) is 3.72. The zero-order valence-electron chi connectivity index (χ0n) is 11.0. The van der Waals surface area contributed by atoms with Gasteiger partial charge in [-0.25, -0.2) is 4.39 Å². The van der Waals surface area contributed by atoms with Crippen LogP contribution >= 0.6 is 0 Å². The van der Waals surface area contributed by atoms with Crippen molar-refractivity contribution in [2.75, 3.05) is 17.7 Å². The van der Waals surface area contributed by atoms with Crippen molar-refractivity contribution < 1.29 is 4.39 Å². The number of aromatic nitrogens is 1. The van der Waals surface area contributed by atoms with E-state index in [9.17, 15) is 4.39 Å². The van der Waals surface area contributed by atoms with Gasteiger partial charge in [-0.1, -0.05) is 12.1 Å². The number of hydrogen-bond donors (Lipinski definition) is 1. The Balaban J connectivity index is 2.17. The molecule has 1 heterocycles. The first-order valence-corrected chi connectivity index (χ1v) is 6.29. The highest BCUT2D eigenvalue weighted by molar-refractivity contribution is 5.94. The van der Waals surface area contributed by atoms with Crippen molar-refractivity contribution in [3.63, 3.8) is 0 Å². The molecule has 0 atom stereocenters. The van der Waals surface area contributed by atoms with Gasteiger partial charge < -0.3 is 10.6 Å². The number of benzene rings is 2. The molecule has 2 aromatic carbocycles. The normalized spacial score (nSPS) is 10.7. The standard InChI is InChI=1S/C16H14FN3/c1-20(16-5-3-2-4-13(16)17)15-8-9-19-14-10-11(18)6-7-12(14)15/h2-10H,18H2,1H3. The van der Waals surface area contributed by atoms with Crippen molar-refractivity contribution in [1.29, 1.82) is 0 Å². The summed E-state index contributed by atoms with van der Waals surface area (Å²) in [5.74, 6) is -0.254. The molecule has 20 heavy (non-hydrogen) atoms. The maximum absolute atomic E-state index is 13.9. The summed E-state index contributed by atoms with van der Waals surface area (Å²) in [5, 5.41) is 0.937. The van der Waals surface area contributed by atoms with Gasteiger partial charge in [-0.15, -0.1) is 0 Å². The maximum Gasteiger partial charge on any atom is 0.146 e. The van der Waals surface area contributed by atoms with Crippen LogP contribution in [0.4, 0.5) is 21.5 Å². The highest BCUT2D eigenvalue weighted by atomic mass is 19.1. The number of para-hydroxylation sites is 1. The Bertz CT molecular complexity index is 771. The summed E-state index contributed by atoms with van der Waals surface area (Å²) in [7, 11) is 1.84. The first-order valence-electron chi connectivity index (χ1n) is 6.29. The minimum Gasteiger partial charge on any atom is -0.399 e. The molecule has 0 aliphatic carbocycles. The van der Waals surface area contributed by atoms with Crippen LogP contribution in [0.2, 0.25) is 0 Å². The van der Waals surface area contributed by atoms with Crippen molar-refractivity contribution in [1.82, 2.24) is 4.98 Å². The summed E-state index contributed by atoms with van der Waals surface area (Å²) < 4.78 is 13.9. The lowest BCUT2D eigenvalue weighted by atomic mass is 10.1. The van der Waals surface area contributed by atoms with Gasteiger partial charge >= 0.3 is 0 Å². The SMILES string of the molecule is CN(c1ccccc1F)c1ccnc2cc(N)ccc12. The van der Waals surface area contributed by atoms with Crippen molar-refractivity contribution >= 4 is 28.0 Å².